The third kappa shape index (κ3) is 6.98. The first-order chi connectivity index (χ1) is 15.2. The van der Waals surface area contributed by atoms with E-state index in [1.807, 2.05) is 18.2 Å². The van der Waals surface area contributed by atoms with Gasteiger partial charge in [-0.25, -0.2) is 0 Å². The molecule has 1 aliphatic rings. The van der Waals surface area contributed by atoms with Gasteiger partial charge in [0.2, 0.25) is 0 Å². The zero-order valence-electron chi connectivity index (χ0n) is 19.7. The van der Waals surface area contributed by atoms with Crippen molar-refractivity contribution < 1.29 is 9.47 Å². The largest absolute Gasteiger partial charge is 0.497 e. The van der Waals surface area contributed by atoms with Crippen molar-refractivity contribution in [1.82, 2.24) is 25.4 Å². The van der Waals surface area contributed by atoms with Gasteiger partial charge in [-0.2, -0.15) is 0 Å². The predicted octanol–water partition coefficient (Wildman–Crippen LogP) is 3.89. The molecule has 0 saturated heterocycles. The van der Waals surface area contributed by atoms with E-state index in [0.717, 1.165) is 73.6 Å². The molecule has 0 radical (unpaired) electrons. The lowest BCUT2D eigenvalue weighted by Gasteiger charge is -2.20. The number of guanidine groups is 1. The van der Waals surface area contributed by atoms with Crippen LogP contribution in [0.4, 0.5) is 0 Å². The van der Waals surface area contributed by atoms with Gasteiger partial charge in [0.25, 0.3) is 0 Å². The molecule has 1 aromatic carbocycles. The molecular weight excluding hydrogens is 519 g/mol. The van der Waals surface area contributed by atoms with E-state index in [4.69, 9.17) is 14.5 Å². The Labute approximate surface area is 208 Å². The normalized spacial score (nSPS) is 14.6. The quantitative estimate of drug-likeness (QED) is 0.211. The van der Waals surface area contributed by atoms with Crippen LogP contribution in [0.3, 0.4) is 0 Å². The minimum atomic E-state index is 0. The van der Waals surface area contributed by atoms with E-state index in [0.29, 0.717) is 0 Å². The number of hydrogen-bond acceptors (Lipinski definition) is 5. The highest BCUT2D eigenvalue weighted by atomic mass is 127. The Hall–Kier alpha value is -2.04. The smallest absolute Gasteiger partial charge is 0.191 e. The van der Waals surface area contributed by atoms with Crippen molar-refractivity contribution in [1.29, 1.82) is 0 Å². The van der Waals surface area contributed by atoms with E-state index < -0.39 is 0 Å². The van der Waals surface area contributed by atoms with Crippen LogP contribution in [0.25, 0.3) is 0 Å². The van der Waals surface area contributed by atoms with Crippen LogP contribution >= 0.6 is 24.0 Å². The van der Waals surface area contributed by atoms with Gasteiger partial charge in [-0.3, -0.25) is 4.99 Å². The third-order valence-corrected chi connectivity index (χ3v) is 5.62. The van der Waals surface area contributed by atoms with E-state index in [2.05, 4.69) is 39.2 Å². The summed E-state index contributed by atoms with van der Waals surface area (Å²) in [6, 6.07) is 5.84. The van der Waals surface area contributed by atoms with Crippen LogP contribution in [-0.4, -0.2) is 48.0 Å². The van der Waals surface area contributed by atoms with E-state index >= 15 is 0 Å². The number of methoxy groups -OCH3 is 2. The number of hydrogen-bond donors (Lipinski definition) is 2. The lowest BCUT2D eigenvalue weighted by atomic mass is 10.1. The molecule has 0 saturated carbocycles. The highest BCUT2D eigenvalue weighted by Crippen LogP contribution is 2.29. The summed E-state index contributed by atoms with van der Waals surface area (Å²) < 4.78 is 13.2. The average Bonchev–Trinajstić information content (AvgIpc) is 3.01. The SMILES string of the molecule is CCNC(=NCCCc1nnc2n1CCCCC2)NC(C)c1cc(OC)ccc1OC.I. The topological polar surface area (TPSA) is 85.6 Å². The summed E-state index contributed by atoms with van der Waals surface area (Å²) in [6.07, 6.45) is 6.60. The molecule has 178 valence electrons. The highest BCUT2D eigenvalue weighted by Gasteiger charge is 2.15. The van der Waals surface area contributed by atoms with Crippen LogP contribution in [-0.2, 0) is 19.4 Å². The molecule has 0 amide bonds. The molecule has 3 rings (SSSR count). The fourth-order valence-corrected chi connectivity index (χ4v) is 3.94. The number of ether oxygens (including phenoxy) is 2. The van der Waals surface area contributed by atoms with Crippen molar-refractivity contribution >= 4 is 29.9 Å². The van der Waals surface area contributed by atoms with Crippen molar-refractivity contribution in [2.24, 2.45) is 4.99 Å². The molecule has 0 bridgehead atoms. The van der Waals surface area contributed by atoms with E-state index in [1.165, 1.54) is 19.3 Å². The molecule has 1 aromatic heterocycles. The van der Waals surface area contributed by atoms with Gasteiger partial charge >= 0.3 is 0 Å². The molecule has 8 nitrogen and oxygen atoms in total. The maximum atomic E-state index is 5.53. The number of fused-ring (bicyclic) bond motifs is 1. The first kappa shape index (κ1) is 26.2. The lowest BCUT2D eigenvalue weighted by molar-refractivity contribution is 0.394. The summed E-state index contributed by atoms with van der Waals surface area (Å²) in [5.74, 6) is 4.66. The predicted molar refractivity (Wildman–Crippen MR) is 138 cm³/mol. The summed E-state index contributed by atoms with van der Waals surface area (Å²) in [5.41, 5.74) is 1.03. The van der Waals surface area contributed by atoms with Crippen LogP contribution < -0.4 is 20.1 Å². The average molecular weight is 556 g/mol. The van der Waals surface area contributed by atoms with Gasteiger partial charge in [-0.05, 0) is 51.3 Å². The van der Waals surface area contributed by atoms with Gasteiger partial charge < -0.3 is 24.7 Å². The Kier molecular flexibility index (Phi) is 11.1. The van der Waals surface area contributed by atoms with Gasteiger partial charge in [-0.15, -0.1) is 34.2 Å². The molecule has 32 heavy (non-hydrogen) atoms. The molecule has 0 fully saturated rings. The number of rotatable bonds is 9. The Morgan fingerprint density at radius 1 is 1.19 bits per heavy atom. The third-order valence-electron chi connectivity index (χ3n) is 5.62. The van der Waals surface area contributed by atoms with Crippen LogP contribution in [0.2, 0.25) is 0 Å². The first-order valence-corrected chi connectivity index (χ1v) is 11.3. The molecule has 1 unspecified atom stereocenters. The monoisotopic (exact) mass is 556 g/mol. The second-order valence-electron chi connectivity index (χ2n) is 7.83. The number of aryl methyl sites for hydroxylation is 2. The fourth-order valence-electron chi connectivity index (χ4n) is 3.94. The van der Waals surface area contributed by atoms with Crippen LogP contribution in [0.5, 0.6) is 11.5 Å². The molecule has 1 atom stereocenters. The number of benzene rings is 1. The maximum absolute atomic E-state index is 5.53. The zero-order chi connectivity index (χ0) is 22.1. The Morgan fingerprint density at radius 2 is 2.03 bits per heavy atom. The van der Waals surface area contributed by atoms with Crippen molar-refractivity contribution in [3.63, 3.8) is 0 Å². The second-order valence-corrected chi connectivity index (χ2v) is 7.83. The Morgan fingerprint density at radius 3 is 2.78 bits per heavy atom. The second kappa shape index (κ2) is 13.5. The van der Waals surface area contributed by atoms with E-state index in [-0.39, 0.29) is 30.0 Å². The zero-order valence-corrected chi connectivity index (χ0v) is 22.0. The van der Waals surface area contributed by atoms with Crippen molar-refractivity contribution in [2.45, 2.75) is 65.0 Å². The minimum Gasteiger partial charge on any atom is -0.497 e. The molecule has 0 aliphatic carbocycles. The minimum absolute atomic E-state index is 0. The number of aliphatic imine (C=N–C) groups is 1. The van der Waals surface area contributed by atoms with Gasteiger partial charge in [0.05, 0.1) is 20.3 Å². The number of aromatic nitrogens is 3. The van der Waals surface area contributed by atoms with Crippen molar-refractivity contribution in [3.05, 3.63) is 35.4 Å². The molecule has 2 aromatic rings. The standard InChI is InChI=1S/C23H36N6O2.HI/c1-5-24-23(26-17(2)19-16-18(30-3)12-13-20(19)31-4)25-14-9-11-22-28-27-21-10-7-6-8-15-29(21)22;/h12-13,16-17H,5-11,14-15H2,1-4H3,(H2,24,25,26);1H. The van der Waals surface area contributed by atoms with Crippen molar-refractivity contribution in [2.75, 3.05) is 27.3 Å². The van der Waals surface area contributed by atoms with Crippen LogP contribution in [0, 0.1) is 0 Å². The number of halogens is 1. The molecule has 1 aliphatic heterocycles. The van der Waals surface area contributed by atoms with Gasteiger partial charge in [-0.1, -0.05) is 6.42 Å². The van der Waals surface area contributed by atoms with Crippen molar-refractivity contribution in [3.8, 4) is 11.5 Å². The number of nitrogens with zero attached hydrogens (tertiary/aromatic N) is 4. The van der Waals surface area contributed by atoms with E-state index in [1.54, 1.807) is 14.2 Å². The maximum Gasteiger partial charge on any atom is 0.191 e. The summed E-state index contributed by atoms with van der Waals surface area (Å²) in [6.45, 7) is 6.73. The summed E-state index contributed by atoms with van der Waals surface area (Å²) in [7, 11) is 3.35. The molecule has 2 heterocycles. The van der Waals surface area contributed by atoms with E-state index in [9.17, 15) is 0 Å². The summed E-state index contributed by atoms with van der Waals surface area (Å²) >= 11 is 0. The summed E-state index contributed by atoms with van der Waals surface area (Å²) in [4.78, 5) is 4.77. The lowest BCUT2D eigenvalue weighted by Crippen LogP contribution is -2.39. The molecule has 9 heteroatoms. The van der Waals surface area contributed by atoms with Crippen LogP contribution in [0.1, 0.15) is 62.8 Å². The summed E-state index contributed by atoms with van der Waals surface area (Å²) in [5, 5.41) is 15.6. The van der Waals surface area contributed by atoms with Gasteiger partial charge in [0.15, 0.2) is 5.96 Å². The Bertz CT molecular complexity index is 870. The fraction of sp³-hybridized carbons (Fsp3) is 0.609. The first-order valence-electron chi connectivity index (χ1n) is 11.3. The number of nitrogens with one attached hydrogen (secondary N) is 2. The highest BCUT2D eigenvalue weighted by molar-refractivity contribution is 14.0. The Balaban J connectivity index is 0.00000363. The molecular formula is C23H37IN6O2. The van der Waals surface area contributed by atoms with Crippen LogP contribution in [0.15, 0.2) is 23.2 Å². The van der Waals surface area contributed by atoms with Gasteiger partial charge in [0, 0.05) is 38.0 Å². The molecule has 0 spiro atoms. The van der Waals surface area contributed by atoms with Gasteiger partial charge in [0.1, 0.15) is 23.1 Å². The molecule has 2 N–H and O–H groups in total.